The number of aromatic nitrogens is 2. The Morgan fingerprint density at radius 3 is 2.94 bits per heavy atom. The maximum Gasteiger partial charge on any atom is 0.150 e. The monoisotopic (exact) mass is 250 g/mol. The summed E-state index contributed by atoms with van der Waals surface area (Å²) in [7, 11) is 2.07. The summed E-state index contributed by atoms with van der Waals surface area (Å²) in [5, 5.41) is 2.13. The van der Waals surface area contributed by atoms with Gasteiger partial charge >= 0.3 is 0 Å². The van der Waals surface area contributed by atoms with Gasteiger partial charge in [-0.3, -0.25) is 0 Å². The first-order valence-corrected chi connectivity index (χ1v) is 6.64. The third-order valence-electron chi connectivity index (χ3n) is 3.09. The zero-order chi connectivity index (χ0) is 12.4. The molecule has 1 unspecified atom stereocenters. The Balaban J connectivity index is 2.41. The SMILES string of the molecule is Cc1csc2c(N(C)C(C)CCN)ncnc12. The van der Waals surface area contributed by atoms with E-state index in [-0.39, 0.29) is 0 Å². The average Bonchev–Trinajstić information content (AvgIpc) is 2.71. The van der Waals surface area contributed by atoms with Crippen molar-refractivity contribution in [2.75, 3.05) is 18.5 Å². The average molecular weight is 250 g/mol. The van der Waals surface area contributed by atoms with Gasteiger partial charge in [-0.25, -0.2) is 9.97 Å². The predicted molar refractivity (Wildman–Crippen MR) is 73.7 cm³/mol. The van der Waals surface area contributed by atoms with Crippen LogP contribution < -0.4 is 10.6 Å². The van der Waals surface area contributed by atoms with Crippen molar-refractivity contribution >= 4 is 27.4 Å². The summed E-state index contributed by atoms with van der Waals surface area (Å²) in [4.78, 5) is 10.9. The smallest absolute Gasteiger partial charge is 0.150 e. The number of fused-ring (bicyclic) bond motifs is 1. The lowest BCUT2D eigenvalue weighted by Crippen LogP contribution is -2.31. The molecule has 0 amide bonds. The second kappa shape index (κ2) is 4.98. The van der Waals surface area contributed by atoms with E-state index in [4.69, 9.17) is 5.73 Å². The number of thiophene rings is 1. The largest absolute Gasteiger partial charge is 0.356 e. The molecule has 4 nitrogen and oxygen atoms in total. The third kappa shape index (κ3) is 2.25. The molecule has 0 fully saturated rings. The van der Waals surface area contributed by atoms with Crippen LogP contribution in [0.1, 0.15) is 18.9 Å². The minimum Gasteiger partial charge on any atom is -0.356 e. The molecule has 0 saturated heterocycles. The fraction of sp³-hybridized carbons (Fsp3) is 0.500. The van der Waals surface area contributed by atoms with Crippen LogP contribution in [0.15, 0.2) is 11.7 Å². The van der Waals surface area contributed by atoms with Crippen LogP contribution in [-0.4, -0.2) is 29.6 Å². The molecule has 2 rings (SSSR count). The summed E-state index contributed by atoms with van der Waals surface area (Å²) in [6, 6.07) is 0.389. The van der Waals surface area contributed by atoms with Crippen molar-refractivity contribution in [2.24, 2.45) is 5.73 Å². The van der Waals surface area contributed by atoms with E-state index in [2.05, 4.69) is 41.1 Å². The summed E-state index contributed by atoms with van der Waals surface area (Å²) in [5.41, 5.74) is 7.88. The second-order valence-corrected chi connectivity index (χ2v) is 5.21. The molecule has 0 spiro atoms. The van der Waals surface area contributed by atoms with E-state index in [0.717, 1.165) is 22.5 Å². The fourth-order valence-corrected chi connectivity index (χ4v) is 2.89. The number of nitrogens with two attached hydrogens (primary N) is 1. The molecule has 0 radical (unpaired) electrons. The van der Waals surface area contributed by atoms with E-state index in [1.54, 1.807) is 17.7 Å². The molecule has 2 N–H and O–H groups in total. The number of aryl methyl sites for hydroxylation is 1. The number of nitrogens with zero attached hydrogens (tertiary/aromatic N) is 3. The molecule has 2 aromatic heterocycles. The first-order chi connectivity index (χ1) is 8.15. The Morgan fingerprint density at radius 2 is 2.24 bits per heavy atom. The normalized spacial score (nSPS) is 12.9. The molecular weight excluding hydrogens is 232 g/mol. The lowest BCUT2D eigenvalue weighted by Gasteiger charge is -2.25. The lowest BCUT2D eigenvalue weighted by atomic mass is 10.2. The van der Waals surface area contributed by atoms with Crippen molar-refractivity contribution < 1.29 is 0 Å². The van der Waals surface area contributed by atoms with Gasteiger partial charge in [-0.15, -0.1) is 11.3 Å². The van der Waals surface area contributed by atoms with E-state index in [1.807, 2.05) is 0 Å². The Bertz CT molecular complexity index is 508. The summed E-state index contributed by atoms with van der Waals surface area (Å²) in [5.74, 6) is 1.01. The molecule has 0 aliphatic carbocycles. The highest BCUT2D eigenvalue weighted by Gasteiger charge is 2.15. The summed E-state index contributed by atoms with van der Waals surface area (Å²) in [6.45, 7) is 4.95. The maximum atomic E-state index is 5.61. The summed E-state index contributed by atoms with van der Waals surface area (Å²) < 4.78 is 1.16. The molecule has 1 atom stereocenters. The van der Waals surface area contributed by atoms with Gasteiger partial charge in [-0.2, -0.15) is 0 Å². The molecule has 92 valence electrons. The van der Waals surface area contributed by atoms with Crippen molar-refractivity contribution in [3.05, 3.63) is 17.3 Å². The quantitative estimate of drug-likeness (QED) is 0.903. The number of hydrogen-bond donors (Lipinski definition) is 1. The standard InChI is InChI=1S/C12H18N4S/c1-8-6-17-11-10(8)14-7-15-12(11)16(3)9(2)4-5-13/h6-7,9H,4-5,13H2,1-3H3. The van der Waals surface area contributed by atoms with Gasteiger partial charge in [0.25, 0.3) is 0 Å². The van der Waals surface area contributed by atoms with Crippen LogP contribution in [0.25, 0.3) is 10.2 Å². The van der Waals surface area contributed by atoms with Gasteiger partial charge in [0, 0.05) is 13.1 Å². The van der Waals surface area contributed by atoms with E-state index in [1.165, 1.54) is 5.56 Å². The highest BCUT2D eigenvalue weighted by molar-refractivity contribution is 7.18. The molecule has 0 saturated carbocycles. The van der Waals surface area contributed by atoms with E-state index in [9.17, 15) is 0 Å². The Morgan fingerprint density at radius 1 is 1.47 bits per heavy atom. The van der Waals surface area contributed by atoms with Crippen LogP contribution in [0, 0.1) is 6.92 Å². The summed E-state index contributed by atoms with van der Waals surface area (Å²) in [6.07, 6.45) is 2.61. The van der Waals surface area contributed by atoms with Crippen LogP contribution in [0.3, 0.4) is 0 Å². The zero-order valence-electron chi connectivity index (χ0n) is 10.5. The van der Waals surface area contributed by atoms with E-state index < -0.39 is 0 Å². The number of hydrogen-bond acceptors (Lipinski definition) is 5. The minimum atomic E-state index is 0.389. The molecular formula is C12H18N4S. The summed E-state index contributed by atoms with van der Waals surface area (Å²) >= 11 is 1.71. The highest BCUT2D eigenvalue weighted by Crippen LogP contribution is 2.31. The van der Waals surface area contributed by atoms with E-state index in [0.29, 0.717) is 12.6 Å². The Hall–Kier alpha value is -1.20. The van der Waals surface area contributed by atoms with Crippen molar-refractivity contribution in [3.8, 4) is 0 Å². The zero-order valence-corrected chi connectivity index (χ0v) is 11.3. The predicted octanol–water partition coefficient (Wildman–Crippen LogP) is 2.17. The molecule has 0 aromatic carbocycles. The van der Waals surface area contributed by atoms with Crippen molar-refractivity contribution in [2.45, 2.75) is 26.3 Å². The van der Waals surface area contributed by atoms with Crippen molar-refractivity contribution in [3.63, 3.8) is 0 Å². The molecule has 17 heavy (non-hydrogen) atoms. The molecule has 0 bridgehead atoms. The Labute approximate surface area is 105 Å². The van der Waals surface area contributed by atoms with Crippen LogP contribution in [0.4, 0.5) is 5.82 Å². The van der Waals surface area contributed by atoms with Gasteiger partial charge in [0.2, 0.25) is 0 Å². The van der Waals surface area contributed by atoms with Gasteiger partial charge in [-0.05, 0) is 37.8 Å². The molecule has 5 heteroatoms. The van der Waals surface area contributed by atoms with Gasteiger partial charge in [0.1, 0.15) is 12.1 Å². The number of rotatable bonds is 4. The van der Waals surface area contributed by atoms with Gasteiger partial charge < -0.3 is 10.6 Å². The maximum absolute atomic E-state index is 5.61. The topological polar surface area (TPSA) is 55.0 Å². The van der Waals surface area contributed by atoms with Crippen LogP contribution in [0.2, 0.25) is 0 Å². The van der Waals surface area contributed by atoms with Crippen molar-refractivity contribution in [1.82, 2.24) is 9.97 Å². The fourth-order valence-electron chi connectivity index (χ4n) is 1.85. The lowest BCUT2D eigenvalue weighted by molar-refractivity contribution is 0.631. The van der Waals surface area contributed by atoms with E-state index >= 15 is 0 Å². The third-order valence-corrected chi connectivity index (χ3v) is 4.17. The van der Waals surface area contributed by atoms with Crippen LogP contribution >= 0.6 is 11.3 Å². The van der Waals surface area contributed by atoms with Crippen molar-refractivity contribution in [1.29, 1.82) is 0 Å². The second-order valence-electron chi connectivity index (χ2n) is 4.33. The molecule has 0 aliphatic rings. The van der Waals surface area contributed by atoms with Gasteiger partial charge in [-0.1, -0.05) is 0 Å². The molecule has 2 heterocycles. The van der Waals surface area contributed by atoms with Crippen LogP contribution in [0.5, 0.6) is 0 Å². The van der Waals surface area contributed by atoms with Gasteiger partial charge in [0.15, 0.2) is 0 Å². The molecule has 0 aliphatic heterocycles. The van der Waals surface area contributed by atoms with Crippen LogP contribution in [-0.2, 0) is 0 Å². The Kier molecular flexibility index (Phi) is 3.59. The minimum absolute atomic E-state index is 0.389. The highest BCUT2D eigenvalue weighted by atomic mass is 32.1. The van der Waals surface area contributed by atoms with Gasteiger partial charge in [0.05, 0.1) is 10.2 Å². The number of anilines is 1. The first kappa shape index (κ1) is 12.3. The molecule has 2 aromatic rings. The first-order valence-electron chi connectivity index (χ1n) is 5.76.